The lowest BCUT2D eigenvalue weighted by Gasteiger charge is -2.23. The van der Waals surface area contributed by atoms with Crippen molar-refractivity contribution in [3.63, 3.8) is 0 Å². The van der Waals surface area contributed by atoms with Crippen LogP contribution in [0.1, 0.15) is 53.9 Å². The van der Waals surface area contributed by atoms with Gasteiger partial charge in [0.25, 0.3) is 0 Å². The molecule has 0 aromatic heterocycles. The van der Waals surface area contributed by atoms with Crippen LogP contribution < -0.4 is 10.6 Å². The Balaban J connectivity index is 0. The number of hydrogen-bond acceptors (Lipinski definition) is 1. The lowest BCUT2D eigenvalue weighted by molar-refractivity contribution is 0.496. The Morgan fingerprint density at radius 1 is 1.18 bits per heavy atom. The van der Waals surface area contributed by atoms with Gasteiger partial charge in [-0.3, -0.25) is 4.99 Å². The van der Waals surface area contributed by atoms with Gasteiger partial charge < -0.3 is 10.6 Å². The second-order valence-corrected chi connectivity index (χ2v) is 5.76. The van der Waals surface area contributed by atoms with E-state index in [9.17, 15) is 0 Å². The smallest absolute Gasteiger partial charge is 0.191 e. The van der Waals surface area contributed by atoms with E-state index in [1.54, 1.807) is 0 Å². The summed E-state index contributed by atoms with van der Waals surface area (Å²) in [6.45, 7) is 12.0. The van der Waals surface area contributed by atoms with Crippen LogP contribution in [0.3, 0.4) is 0 Å². The maximum absolute atomic E-state index is 4.20. The standard InChI is InChI=1S/C13H29N3.HI/c1-11(2)9-7-8-10-15-12(14-6)16-13(3,4)5;/h11H,7-10H2,1-6H3,(H2,14,15,16);1H. The third-order valence-corrected chi connectivity index (χ3v) is 2.22. The van der Waals surface area contributed by atoms with Crippen molar-refractivity contribution in [2.24, 2.45) is 10.9 Å². The van der Waals surface area contributed by atoms with E-state index in [0.717, 1.165) is 18.4 Å². The second kappa shape index (κ2) is 9.97. The van der Waals surface area contributed by atoms with Crippen molar-refractivity contribution in [2.45, 2.75) is 59.4 Å². The Morgan fingerprint density at radius 2 is 1.76 bits per heavy atom. The Kier molecular flexibility index (Phi) is 11.3. The predicted octanol–water partition coefficient (Wildman–Crippen LogP) is 3.39. The van der Waals surface area contributed by atoms with Gasteiger partial charge in [0.1, 0.15) is 0 Å². The van der Waals surface area contributed by atoms with Crippen LogP contribution in [0.15, 0.2) is 4.99 Å². The molecule has 104 valence electrons. The highest BCUT2D eigenvalue weighted by Gasteiger charge is 2.10. The van der Waals surface area contributed by atoms with E-state index >= 15 is 0 Å². The molecule has 0 aliphatic heterocycles. The highest BCUT2D eigenvalue weighted by molar-refractivity contribution is 14.0. The van der Waals surface area contributed by atoms with Gasteiger partial charge in [-0.1, -0.05) is 26.7 Å². The molecule has 0 amide bonds. The third-order valence-electron chi connectivity index (χ3n) is 2.22. The molecule has 0 radical (unpaired) electrons. The summed E-state index contributed by atoms with van der Waals surface area (Å²) in [4.78, 5) is 4.20. The van der Waals surface area contributed by atoms with Crippen LogP contribution >= 0.6 is 24.0 Å². The number of nitrogens with zero attached hydrogens (tertiary/aromatic N) is 1. The summed E-state index contributed by atoms with van der Waals surface area (Å²) in [6, 6.07) is 0. The molecule has 0 fully saturated rings. The molecule has 0 rings (SSSR count). The zero-order valence-electron chi connectivity index (χ0n) is 12.3. The number of rotatable bonds is 5. The van der Waals surface area contributed by atoms with Crippen LogP contribution in [-0.2, 0) is 0 Å². The maximum atomic E-state index is 4.20. The first-order valence-corrected chi connectivity index (χ1v) is 6.34. The van der Waals surface area contributed by atoms with E-state index in [-0.39, 0.29) is 29.5 Å². The monoisotopic (exact) mass is 355 g/mol. The fourth-order valence-corrected chi connectivity index (χ4v) is 1.42. The van der Waals surface area contributed by atoms with Gasteiger partial charge >= 0.3 is 0 Å². The molecule has 0 aromatic rings. The summed E-state index contributed by atoms with van der Waals surface area (Å²) >= 11 is 0. The molecule has 3 nitrogen and oxygen atoms in total. The third kappa shape index (κ3) is 13.9. The number of hydrogen-bond donors (Lipinski definition) is 2. The quantitative estimate of drug-likeness (QED) is 0.343. The summed E-state index contributed by atoms with van der Waals surface area (Å²) in [5.74, 6) is 1.71. The first kappa shape index (κ1) is 19.3. The Labute approximate surface area is 124 Å². The molecule has 0 saturated carbocycles. The van der Waals surface area contributed by atoms with E-state index in [2.05, 4.69) is 50.2 Å². The molecular formula is C13H30IN3. The number of nitrogens with one attached hydrogen (secondary N) is 2. The van der Waals surface area contributed by atoms with Crippen LogP contribution in [0.5, 0.6) is 0 Å². The van der Waals surface area contributed by atoms with Crippen LogP contribution in [-0.4, -0.2) is 25.1 Å². The number of aliphatic imine (C=N–C) groups is 1. The fraction of sp³-hybridized carbons (Fsp3) is 0.923. The molecule has 0 heterocycles. The molecule has 0 atom stereocenters. The SMILES string of the molecule is CN=C(NCCCCC(C)C)NC(C)(C)C.I. The molecule has 0 aliphatic carbocycles. The van der Waals surface area contributed by atoms with Crippen molar-refractivity contribution in [1.29, 1.82) is 0 Å². The van der Waals surface area contributed by atoms with Gasteiger partial charge in [-0.25, -0.2) is 0 Å². The minimum atomic E-state index is 0. The Morgan fingerprint density at radius 3 is 2.18 bits per heavy atom. The molecule has 0 spiro atoms. The summed E-state index contributed by atoms with van der Waals surface area (Å²) < 4.78 is 0. The first-order chi connectivity index (χ1) is 7.35. The molecule has 4 heteroatoms. The Hall–Kier alpha value is 0. The molecule has 0 bridgehead atoms. The van der Waals surface area contributed by atoms with Crippen LogP contribution in [0.2, 0.25) is 0 Å². The average molecular weight is 355 g/mol. The van der Waals surface area contributed by atoms with Crippen molar-refractivity contribution >= 4 is 29.9 Å². The molecule has 0 aliphatic rings. The van der Waals surface area contributed by atoms with Gasteiger partial charge in [-0.2, -0.15) is 0 Å². The van der Waals surface area contributed by atoms with E-state index in [1.807, 2.05) is 7.05 Å². The largest absolute Gasteiger partial charge is 0.356 e. The van der Waals surface area contributed by atoms with E-state index in [1.165, 1.54) is 19.3 Å². The minimum absolute atomic E-state index is 0. The summed E-state index contributed by atoms with van der Waals surface area (Å²) in [7, 11) is 1.81. The van der Waals surface area contributed by atoms with Gasteiger partial charge in [-0.15, -0.1) is 24.0 Å². The molecule has 17 heavy (non-hydrogen) atoms. The van der Waals surface area contributed by atoms with Crippen molar-refractivity contribution in [3.8, 4) is 0 Å². The molecule has 2 N–H and O–H groups in total. The molecular weight excluding hydrogens is 325 g/mol. The van der Waals surface area contributed by atoms with Gasteiger partial charge in [-0.05, 0) is 33.1 Å². The van der Waals surface area contributed by atoms with Crippen molar-refractivity contribution in [1.82, 2.24) is 10.6 Å². The fourth-order valence-electron chi connectivity index (χ4n) is 1.42. The summed E-state index contributed by atoms with van der Waals surface area (Å²) in [5.41, 5.74) is 0.0692. The normalized spacial score (nSPS) is 12.3. The highest BCUT2D eigenvalue weighted by Crippen LogP contribution is 2.05. The highest BCUT2D eigenvalue weighted by atomic mass is 127. The second-order valence-electron chi connectivity index (χ2n) is 5.76. The van der Waals surface area contributed by atoms with Crippen LogP contribution in [0, 0.1) is 5.92 Å². The zero-order chi connectivity index (χ0) is 12.6. The first-order valence-electron chi connectivity index (χ1n) is 6.34. The lowest BCUT2D eigenvalue weighted by atomic mass is 10.1. The summed E-state index contributed by atoms with van der Waals surface area (Å²) in [5, 5.41) is 6.68. The molecule has 0 saturated heterocycles. The number of halogens is 1. The van der Waals surface area contributed by atoms with Crippen molar-refractivity contribution in [2.75, 3.05) is 13.6 Å². The molecule has 0 unspecified atom stereocenters. The topological polar surface area (TPSA) is 36.4 Å². The Bertz CT molecular complexity index is 207. The van der Waals surface area contributed by atoms with Gasteiger partial charge in [0, 0.05) is 19.1 Å². The van der Waals surface area contributed by atoms with Crippen molar-refractivity contribution < 1.29 is 0 Å². The predicted molar refractivity (Wildman–Crippen MR) is 88.4 cm³/mol. The van der Waals surface area contributed by atoms with Crippen molar-refractivity contribution in [3.05, 3.63) is 0 Å². The lowest BCUT2D eigenvalue weighted by Crippen LogP contribution is -2.47. The summed E-state index contributed by atoms with van der Waals surface area (Å²) in [6.07, 6.45) is 3.81. The minimum Gasteiger partial charge on any atom is -0.356 e. The van der Waals surface area contributed by atoms with Crippen LogP contribution in [0.4, 0.5) is 0 Å². The van der Waals surface area contributed by atoms with Gasteiger partial charge in [0.05, 0.1) is 0 Å². The van der Waals surface area contributed by atoms with E-state index in [4.69, 9.17) is 0 Å². The molecule has 0 aromatic carbocycles. The van der Waals surface area contributed by atoms with Crippen LogP contribution in [0.25, 0.3) is 0 Å². The zero-order valence-corrected chi connectivity index (χ0v) is 14.6. The maximum Gasteiger partial charge on any atom is 0.191 e. The average Bonchev–Trinajstić information content (AvgIpc) is 2.13. The van der Waals surface area contributed by atoms with E-state index < -0.39 is 0 Å². The number of unbranched alkanes of at least 4 members (excludes halogenated alkanes) is 1. The van der Waals surface area contributed by atoms with Gasteiger partial charge in [0.15, 0.2) is 5.96 Å². The van der Waals surface area contributed by atoms with E-state index in [0.29, 0.717) is 0 Å². The van der Waals surface area contributed by atoms with Gasteiger partial charge in [0.2, 0.25) is 0 Å². The number of guanidine groups is 1.